The first-order valence-corrected chi connectivity index (χ1v) is 4.87. The van der Waals surface area contributed by atoms with Crippen molar-refractivity contribution >= 4 is 11.0 Å². The van der Waals surface area contributed by atoms with Gasteiger partial charge in [-0.05, 0) is 24.6 Å². The first-order chi connectivity index (χ1) is 7.63. The molecule has 1 heterocycles. The van der Waals surface area contributed by atoms with Crippen LogP contribution >= 0.6 is 0 Å². The van der Waals surface area contributed by atoms with Gasteiger partial charge in [0.05, 0.1) is 6.61 Å². The molecule has 0 fully saturated rings. The smallest absolute Gasteiger partial charge is 0.336 e. The van der Waals surface area contributed by atoms with Crippen molar-refractivity contribution in [3.63, 3.8) is 0 Å². The highest BCUT2D eigenvalue weighted by atomic mass is 16.5. The summed E-state index contributed by atoms with van der Waals surface area (Å²) in [7, 11) is 1.56. The van der Waals surface area contributed by atoms with Crippen molar-refractivity contribution < 1.29 is 14.3 Å². The fourth-order valence-corrected chi connectivity index (χ4v) is 1.69. The Labute approximate surface area is 92.1 Å². The molecular formula is C12H12O4. The highest BCUT2D eigenvalue weighted by molar-refractivity contribution is 5.84. The molecule has 0 aliphatic heterocycles. The zero-order chi connectivity index (χ0) is 11.7. The van der Waals surface area contributed by atoms with Crippen molar-refractivity contribution in [3.05, 3.63) is 39.7 Å². The quantitative estimate of drug-likeness (QED) is 0.786. The van der Waals surface area contributed by atoms with Gasteiger partial charge in [0.2, 0.25) is 0 Å². The summed E-state index contributed by atoms with van der Waals surface area (Å²) in [5.41, 5.74) is 1.30. The minimum Gasteiger partial charge on any atom is -0.508 e. The monoisotopic (exact) mass is 220 g/mol. The number of benzene rings is 1. The third-order valence-corrected chi connectivity index (χ3v) is 2.52. The van der Waals surface area contributed by atoms with Crippen LogP contribution in [-0.2, 0) is 11.3 Å². The molecule has 4 heteroatoms. The van der Waals surface area contributed by atoms with Gasteiger partial charge in [-0.15, -0.1) is 0 Å². The summed E-state index contributed by atoms with van der Waals surface area (Å²) in [4.78, 5) is 11.3. The van der Waals surface area contributed by atoms with Gasteiger partial charge in [0, 0.05) is 24.1 Å². The number of fused-ring (bicyclic) bond motifs is 1. The molecule has 0 radical (unpaired) electrons. The molecule has 84 valence electrons. The summed E-state index contributed by atoms with van der Waals surface area (Å²) in [6.07, 6.45) is 0. The molecule has 2 rings (SSSR count). The second-order valence-corrected chi connectivity index (χ2v) is 3.61. The summed E-state index contributed by atoms with van der Waals surface area (Å²) in [6.45, 7) is 2.05. The van der Waals surface area contributed by atoms with Crippen LogP contribution in [0.3, 0.4) is 0 Å². The Morgan fingerprint density at radius 1 is 1.44 bits per heavy atom. The third-order valence-electron chi connectivity index (χ3n) is 2.52. The highest BCUT2D eigenvalue weighted by Gasteiger charge is 2.10. The lowest BCUT2D eigenvalue weighted by molar-refractivity contribution is 0.185. The lowest BCUT2D eigenvalue weighted by Crippen LogP contribution is -2.02. The molecule has 1 aromatic carbocycles. The van der Waals surface area contributed by atoms with Gasteiger partial charge >= 0.3 is 5.63 Å². The number of ether oxygens (including phenoxy) is 1. The number of methoxy groups -OCH3 is 1. The van der Waals surface area contributed by atoms with E-state index in [1.165, 1.54) is 6.07 Å². The number of aromatic hydroxyl groups is 1. The second-order valence-electron chi connectivity index (χ2n) is 3.61. The molecule has 0 saturated carbocycles. The predicted molar refractivity (Wildman–Crippen MR) is 59.6 cm³/mol. The number of hydrogen-bond donors (Lipinski definition) is 1. The number of phenols is 1. The molecule has 0 spiro atoms. The van der Waals surface area contributed by atoms with Crippen LogP contribution in [0.2, 0.25) is 0 Å². The molecule has 2 aromatic rings. The fraction of sp³-hybridized carbons (Fsp3) is 0.250. The maximum absolute atomic E-state index is 11.3. The minimum atomic E-state index is -0.437. The molecule has 0 aliphatic carbocycles. The van der Waals surface area contributed by atoms with Crippen LogP contribution in [0, 0.1) is 6.92 Å². The Morgan fingerprint density at radius 3 is 2.88 bits per heavy atom. The number of rotatable bonds is 2. The van der Waals surface area contributed by atoms with E-state index in [0.29, 0.717) is 17.8 Å². The Hall–Kier alpha value is -1.81. The zero-order valence-corrected chi connectivity index (χ0v) is 9.11. The van der Waals surface area contributed by atoms with Crippen LogP contribution < -0.4 is 5.63 Å². The van der Waals surface area contributed by atoms with Crippen LogP contribution in [0.1, 0.15) is 11.1 Å². The highest BCUT2D eigenvalue weighted by Crippen LogP contribution is 2.27. The van der Waals surface area contributed by atoms with Crippen molar-refractivity contribution in [2.75, 3.05) is 7.11 Å². The van der Waals surface area contributed by atoms with Gasteiger partial charge in [-0.2, -0.15) is 0 Å². The van der Waals surface area contributed by atoms with E-state index in [0.717, 1.165) is 10.9 Å². The molecule has 0 amide bonds. The van der Waals surface area contributed by atoms with Gasteiger partial charge in [-0.1, -0.05) is 0 Å². The first kappa shape index (κ1) is 10.7. The van der Waals surface area contributed by atoms with Crippen LogP contribution in [-0.4, -0.2) is 12.2 Å². The maximum atomic E-state index is 11.3. The van der Waals surface area contributed by atoms with Crippen LogP contribution in [0.5, 0.6) is 5.75 Å². The van der Waals surface area contributed by atoms with Crippen LogP contribution in [0.4, 0.5) is 0 Å². The van der Waals surface area contributed by atoms with Crippen LogP contribution in [0.15, 0.2) is 27.4 Å². The van der Waals surface area contributed by atoms with Gasteiger partial charge in [0.1, 0.15) is 11.3 Å². The molecule has 0 bridgehead atoms. The molecule has 0 atom stereocenters. The lowest BCUT2D eigenvalue weighted by Gasteiger charge is -2.07. The van der Waals surface area contributed by atoms with Crippen molar-refractivity contribution in [2.45, 2.75) is 13.5 Å². The summed E-state index contributed by atoms with van der Waals surface area (Å²) in [6, 6.07) is 4.70. The topological polar surface area (TPSA) is 59.7 Å². The molecule has 4 nitrogen and oxygen atoms in total. The SMILES string of the molecule is COCc1cc(=O)oc2c(C)c(O)ccc12. The van der Waals surface area contributed by atoms with E-state index < -0.39 is 5.63 Å². The van der Waals surface area contributed by atoms with Crippen molar-refractivity contribution in [1.29, 1.82) is 0 Å². The van der Waals surface area contributed by atoms with Gasteiger partial charge < -0.3 is 14.3 Å². The van der Waals surface area contributed by atoms with Crippen molar-refractivity contribution in [2.24, 2.45) is 0 Å². The Kier molecular flexibility index (Phi) is 2.66. The number of hydrogen-bond acceptors (Lipinski definition) is 4. The van der Waals surface area contributed by atoms with Gasteiger partial charge in [-0.3, -0.25) is 0 Å². The largest absolute Gasteiger partial charge is 0.508 e. The Bertz CT molecular complexity index is 583. The zero-order valence-electron chi connectivity index (χ0n) is 9.11. The summed E-state index contributed by atoms with van der Waals surface area (Å²) in [5, 5.41) is 10.3. The number of aryl methyl sites for hydroxylation is 1. The molecule has 0 unspecified atom stereocenters. The second kappa shape index (κ2) is 3.98. The van der Waals surface area contributed by atoms with E-state index in [-0.39, 0.29) is 5.75 Å². The molecule has 16 heavy (non-hydrogen) atoms. The van der Waals surface area contributed by atoms with E-state index in [1.807, 2.05) is 0 Å². The minimum absolute atomic E-state index is 0.116. The van der Waals surface area contributed by atoms with Crippen molar-refractivity contribution in [3.8, 4) is 5.75 Å². The molecule has 0 saturated heterocycles. The van der Waals surface area contributed by atoms with E-state index in [4.69, 9.17) is 9.15 Å². The standard InChI is InChI=1S/C12H12O4/c1-7-10(13)4-3-9-8(6-15-2)5-11(14)16-12(7)9/h3-5,13H,6H2,1-2H3. The predicted octanol–water partition coefficient (Wildman–Crippen LogP) is 1.95. The average molecular weight is 220 g/mol. The van der Waals surface area contributed by atoms with Gasteiger partial charge in [0.25, 0.3) is 0 Å². The summed E-state index contributed by atoms with van der Waals surface area (Å²) in [5.74, 6) is 0.116. The Balaban J connectivity index is 2.83. The first-order valence-electron chi connectivity index (χ1n) is 4.87. The lowest BCUT2D eigenvalue weighted by atomic mass is 10.1. The number of phenolic OH excluding ortho intramolecular Hbond substituents is 1. The van der Waals surface area contributed by atoms with Gasteiger partial charge in [-0.25, -0.2) is 4.79 Å². The van der Waals surface area contributed by atoms with E-state index >= 15 is 0 Å². The third kappa shape index (κ3) is 1.67. The summed E-state index contributed by atoms with van der Waals surface area (Å²) >= 11 is 0. The maximum Gasteiger partial charge on any atom is 0.336 e. The van der Waals surface area contributed by atoms with E-state index in [2.05, 4.69) is 0 Å². The normalized spacial score (nSPS) is 10.9. The van der Waals surface area contributed by atoms with Crippen LogP contribution in [0.25, 0.3) is 11.0 Å². The summed E-state index contributed by atoms with van der Waals surface area (Å²) < 4.78 is 10.1. The fourth-order valence-electron chi connectivity index (χ4n) is 1.69. The molecular weight excluding hydrogens is 208 g/mol. The Morgan fingerprint density at radius 2 is 2.19 bits per heavy atom. The molecule has 0 aliphatic rings. The molecule has 1 aromatic heterocycles. The average Bonchev–Trinajstić information content (AvgIpc) is 2.24. The van der Waals surface area contributed by atoms with E-state index in [9.17, 15) is 9.90 Å². The molecule has 1 N–H and O–H groups in total. The van der Waals surface area contributed by atoms with Crippen molar-refractivity contribution in [1.82, 2.24) is 0 Å². The van der Waals surface area contributed by atoms with Gasteiger partial charge in [0.15, 0.2) is 0 Å². The van der Waals surface area contributed by atoms with E-state index in [1.54, 1.807) is 26.2 Å².